The number of nitrogens with zero attached hydrogens (tertiary/aromatic N) is 2. The number of amides is 1. The lowest BCUT2D eigenvalue weighted by Crippen LogP contribution is -2.44. The van der Waals surface area contributed by atoms with Crippen molar-refractivity contribution in [1.29, 1.82) is 0 Å². The summed E-state index contributed by atoms with van der Waals surface area (Å²) in [7, 11) is 0. The second-order valence-electron chi connectivity index (χ2n) is 5.42. The van der Waals surface area contributed by atoms with Crippen LogP contribution in [0.2, 0.25) is 0 Å². The summed E-state index contributed by atoms with van der Waals surface area (Å²) in [6.07, 6.45) is 4.58. The zero-order chi connectivity index (χ0) is 17.4. The van der Waals surface area contributed by atoms with Gasteiger partial charge < -0.3 is 15.2 Å². The molecule has 0 aliphatic heterocycles. The minimum Gasteiger partial charge on any atom is -0.480 e. The van der Waals surface area contributed by atoms with Crippen molar-refractivity contribution >= 4 is 12.1 Å². The van der Waals surface area contributed by atoms with E-state index in [1.165, 1.54) is 4.68 Å². The first kappa shape index (κ1) is 17.5. The predicted octanol–water partition coefficient (Wildman–Crippen LogP) is 2.22. The summed E-state index contributed by atoms with van der Waals surface area (Å²) >= 11 is 0. The minimum atomic E-state index is -1.14. The van der Waals surface area contributed by atoms with Crippen LogP contribution in [0.1, 0.15) is 24.5 Å². The lowest BCUT2D eigenvalue weighted by Gasteiger charge is -2.14. The van der Waals surface area contributed by atoms with Crippen molar-refractivity contribution in [3.05, 3.63) is 53.9 Å². The summed E-state index contributed by atoms with van der Waals surface area (Å²) in [5, 5.41) is 15.7. The summed E-state index contributed by atoms with van der Waals surface area (Å²) in [5.74, 6) is -1.14. The minimum absolute atomic E-state index is 0.0412. The monoisotopic (exact) mass is 331 g/mol. The number of hydrogen-bond acceptors (Lipinski definition) is 4. The molecule has 0 radical (unpaired) electrons. The van der Waals surface area contributed by atoms with Gasteiger partial charge in [0.15, 0.2) is 0 Å². The Morgan fingerprint density at radius 3 is 2.71 bits per heavy atom. The molecule has 0 saturated heterocycles. The van der Waals surface area contributed by atoms with Gasteiger partial charge in [0.1, 0.15) is 12.6 Å². The number of aromatic nitrogens is 2. The number of rotatable bonds is 8. The third-order valence-corrected chi connectivity index (χ3v) is 3.40. The molecule has 7 nitrogen and oxygen atoms in total. The van der Waals surface area contributed by atoms with Gasteiger partial charge >= 0.3 is 12.1 Å². The number of carboxylic acid groups (broad SMARTS) is 1. The molecule has 0 spiro atoms. The van der Waals surface area contributed by atoms with E-state index in [0.29, 0.717) is 0 Å². The van der Waals surface area contributed by atoms with Crippen molar-refractivity contribution in [1.82, 2.24) is 15.1 Å². The maximum Gasteiger partial charge on any atom is 0.408 e. The Morgan fingerprint density at radius 1 is 1.29 bits per heavy atom. The quantitative estimate of drug-likeness (QED) is 0.773. The second kappa shape index (κ2) is 8.71. The van der Waals surface area contributed by atoms with Crippen LogP contribution in [0.15, 0.2) is 42.7 Å². The molecule has 24 heavy (non-hydrogen) atoms. The first-order valence-corrected chi connectivity index (χ1v) is 7.80. The first-order chi connectivity index (χ1) is 11.6. The van der Waals surface area contributed by atoms with E-state index in [1.54, 1.807) is 12.4 Å². The van der Waals surface area contributed by atoms with Crippen LogP contribution in [-0.2, 0) is 29.1 Å². The molecule has 1 aromatic carbocycles. The van der Waals surface area contributed by atoms with Gasteiger partial charge in [0.2, 0.25) is 0 Å². The van der Waals surface area contributed by atoms with E-state index in [4.69, 9.17) is 4.74 Å². The Kier molecular flexibility index (Phi) is 6.36. The van der Waals surface area contributed by atoms with Crippen molar-refractivity contribution in [2.24, 2.45) is 0 Å². The molecule has 7 heteroatoms. The largest absolute Gasteiger partial charge is 0.480 e. The summed E-state index contributed by atoms with van der Waals surface area (Å²) in [4.78, 5) is 23.1. The van der Waals surface area contributed by atoms with Crippen molar-refractivity contribution in [2.45, 2.75) is 39.0 Å². The van der Waals surface area contributed by atoms with Gasteiger partial charge in [-0.3, -0.25) is 4.68 Å². The van der Waals surface area contributed by atoms with Crippen molar-refractivity contribution in [2.75, 3.05) is 0 Å². The summed E-state index contributed by atoms with van der Waals surface area (Å²) < 4.78 is 6.56. The van der Waals surface area contributed by atoms with Crippen LogP contribution in [0.5, 0.6) is 0 Å². The van der Waals surface area contributed by atoms with E-state index < -0.39 is 18.1 Å². The number of nitrogens with one attached hydrogen (secondary N) is 1. The highest BCUT2D eigenvalue weighted by molar-refractivity contribution is 5.79. The molecule has 2 N–H and O–H groups in total. The molecular formula is C17H21N3O4. The number of hydrogen-bond donors (Lipinski definition) is 2. The maximum absolute atomic E-state index is 11.8. The Labute approximate surface area is 140 Å². The molecule has 1 unspecified atom stereocenters. The van der Waals surface area contributed by atoms with E-state index in [2.05, 4.69) is 17.3 Å². The number of carbonyl (C=O) groups is 2. The highest BCUT2D eigenvalue weighted by atomic mass is 16.5. The molecule has 2 aromatic rings. The van der Waals surface area contributed by atoms with Gasteiger partial charge in [0.25, 0.3) is 0 Å². The normalized spacial score (nSPS) is 11.7. The highest BCUT2D eigenvalue weighted by Gasteiger charge is 2.21. The van der Waals surface area contributed by atoms with Crippen LogP contribution in [0.25, 0.3) is 0 Å². The fraction of sp³-hybridized carbons (Fsp3) is 0.353. The van der Waals surface area contributed by atoms with Crippen molar-refractivity contribution in [3.63, 3.8) is 0 Å². The van der Waals surface area contributed by atoms with Gasteiger partial charge in [0.05, 0.1) is 12.7 Å². The number of ether oxygens (including phenoxy) is 1. The number of aliphatic carboxylic acids is 1. The fourth-order valence-electron chi connectivity index (χ4n) is 2.20. The van der Waals surface area contributed by atoms with Gasteiger partial charge in [-0.15, -0.1) is 0 Å². The zero-order valence-electron chi connectivity index (χ0n) is 13.5. The van der Waals surface area contributed by atoms with E-state index >= 15 is 0 Å². The molecule has 1 heterocycles. The highest BCUT2D eigenvalue weighted by Crippen LogP contribution is 2.04. The summed E-state index contributed by atoms with van der Waals surface area (Å²) in [6, 6.07) is 8.07. The molecule has 0 aliphatic carbocycles. The first-order valence-electron chi connectivity index (χ1n) is 7.80. The SMILES string of the molecule is CCCc1cnn(CC(NC(=O)OCc2ccccc2)C(=O)O)c1. The van der Waals surface area contributed by atoms with Gasteiger partial charge in [-0.1, -0.05) is 43.7 Å². The lowest BCUT2D eigenvalue weighted by atomic mass is 10.2. The molecule has 1 amide bonds. The van der Waals surface area contributed by atoms with E-state index in [-0.39, 0.29) is 13.2 Å². The van der Waals surface area contributed by atoms with Crippen LogP contribution in [0.4, 0.5) is 4.79 Å². The van der Waals surface area contributed by atoms with Crippen LogP contribution < -0.4 is 5.32 Å². The number of benzene rings is 1. The average molecular weight is 331 g/mol. The predicted molar refractivity (Wildman–Crippen MR) is 87.4 cm³/mol. The molecule has 0 bridgehead atoms. The molecule has 2 rings (SSSR count). The number of carboxylic acids is 1. The molecule has 128 valence electrons. The van der Waals surface area contributed by atoms with E-state index in [0.717, 1.165) is 24.0 Å². The summed E-state index contributed by atoms with van der Waals surface area (Å²) in [5.41, 5.74) is 1.86. The fourth-order valence-corrected chi connectivity index (χ4v) is 2.20. The molecule has 0 saturated carbocycles. The molecule has 1 aromatic heterocycles. The summed E-state index contributed by atoms with van der Waals surface area (Å²) in [6.45, 7) is 2.18. The Bertz CT molecular complexity index is 669. The second-order valence-corrected chi connectivity index (χ2v) is 5.42. The van der Waals surface area contributed by atoms with E-state index in [9.17, 15) is 14.7 Å². The average Bonchev–Trinajstić information content (AvgIpc) is 3.01. The zero-order valence-corrected chi connectivity index (χ0v) is 13.5. The topological polar surface area (TPSA) is 93.5 Å². The van der Waals surface area contributed by atoms with Crippen LogP contribution in [-0.4, -0.2) is 33.0 Å². The van der Waals surface area contributed by atoms with Crippen LogP contribution in [0.3, 0.4) is 0 Å². The number of carbonyl (C=O) groups excluding carboxylic acids is 1. The molecule has 0 fully saturated rings. The Balaban J connectivity index is 1.87. The Morgan fingerprint density at radius 2 is 2.04 bits per heavy atom. The maximum atomic E-state index is 11.8. The van der Waals surface area contributed by atoms with Crippen molar-refractivity contribution < 1.29 is 19.4 Å². The smallest absolute Gasteiger partial charge is 0.408 e. The molecule has 0 aliphatic rings. The lowest BCUT2D eigenvalue weighted by molar-refractivity contribution is -0.139. The van der Waals surface area contributed by atoms with Gasteiger partial charge in [0, 0.05) is 6.20 Å². The van der Waals surface area contributed by atoms with Gasteiger partial charge in [-0.2, -0.15) is 5.10 Å². The third-order valence-electron chi connectivity index (χ3n) is 3.40. The van der Waals surface area contributed by atoms with Crippen LogP contribution in [0, 0.1) is 0 Å². The van der Waals surface area contributed by atoms with E-state index in [1.807, 2.05) is 30.3 Å². The van der Waals surface area contributed by atoms with Crippen molar-refractivity contribution in [3.8, 4) is 0 Å². The van der Waals surface area contributed by atoms with Gasteiger partial charge in [-0.25, -0.2) is 9.59 Å². The Hall–Kier alpha value is -2.83. The molecule has 1 atom stereocenters. The van der Waals surface area contributed by atoms with Crippen LogP contribution >= 0.6 is 0 Å². The third kappa shape index (κ3) is 5.42. The molecular weight excluding hydrogens is 310 g/mol. The number of alkyl carbamates (subject to hydrolysis) is 1. The number of aryl methyl sites for hydroxylation is 1. The standard InChI is InChI=1S/C17H21N3O4/c1-2-6-14-9-18-20(10-14)11-15(16(21)22)19-17(23)24-12-13-7-4-3-5-8-13/h3-5,7-10,15H,2,6,11-12H2,1H3,(H,19,23)(H,21,22). The van der Waals surface area contributed by atoms with Gasteiger partial charge in [-0.05, 0) is 17.5 Å².